The molecule has 0 spiro atoms. The SMILES string of the molecule is COCCNC(=NCc1cnc(C)s1)NN. The van der Waals surface area contributed by atoms with Crippen molar-refractivity contribution >= 4 is 17.3 Å². The van der Waals surface area contributed by atoms with Crippen molar-refractivity contribution < 1.29 is 4.74 Å². The predicted octanol–water partition coefficient (Wildman–Crippen LogP) is 0.00682. The van der Waals surface area contributed by atoms with Gasteiger partial charge in [0.05, 0.1) is 18.2 Å². The number of guanidine groups is 1. The van der Waals surface area contributed by atoms with Gasteiger partial charge in [-0.1, -0.05) is 0 Å². The molecular formula is C9H17N5OS. The Labute approximate surface area is 98.9 Å². The van der Waals surface area contributed by atoms with Crippen molar-refractivity contribution in [3.8, 4) is 0 Å². The Balaban J connectivity index is 2.40. The third-order valence-corrected chi connectivity index (χ3v) is 2.70. The standard InChI is InChI=1S/C9H17N5OS/c1-7-12-5-8(16-7)6-13-9(14-10)11-3-4-15-2/h5H,3-4,6,10H2,1-2H3,(H2,11,13,14). The lowest BCUT2D eigenvalue weighted by Gasteiger charge is -2.07. The highest BCUT2D eigenvalue weighted by Crippen LogP contribution is 2.11. The number of rotatable bonds is 5. The van der Waals surface area contributed by atoms with Crippen LogP contribution >= 0.6 is 11.3 Å². The van der Waals surface area contributed by atoms with Crippen LogP contribution in [0.4, 0.5) is 0 Å². The summed E-state index contributed by atoms with van der Waals surface area (Å²) in [5.41, 5.74) is 2.51. The molecule has 0 aliphatic carbocycles. The van der Waals surface area contributed by atoms with Gasteiger partial charge >= 0.3 is 0 Å². The maximum atomic E-state index is 5.33. The van der Waals surface area contributed by atoms with Gasteiger partial charge < -0.3 is 10.1 Å². The van der Waals surface area contributed by atoms with Crippen LogP contribution in [0.3, 0.4) is 0 Å². The second-order valence-corrected chi connectivity index (χ2v) is 4.39. The molecule has 0 aromatic carbocycles. The van der Waals surface area contributed by atoms with Crippen LogP contribution in [0, 0.1) is 6.92 Å². The highest BCUT2D eigenvalue weighted by molar-refractivity contribution is 7.11. The highest BCUT2D eigenvalue weighted by atomic mass is 32.1. The van der Waals surface area contributed by atoms with E-state index in [4.69, 9.17) is 10.6 Å². The Kier molecular flexibility index (Phi) is 5.76. The molecule has 0 unspecified atom stereocenters. The van der Waals surface area contributed by atoms with E-state index in [1.807, 2.05) is 13.1 Å². The molecule has 7 heteroatoms. The van der Waals surface area contributed by atoms with E-state index >= 15 is 0 Å². The van der Waals surface area contributed by atoms with E-state index in [1.54, 1.807) is 18.4 Å². The second-order valence-electron chi connectivity index (χ2n) is 3.07. The number of hydrogen-bond donors (Lipinski definition) is 3. The minimum atomic E-state index is 0.558. The smallest absolute Gasteiger partial charge is 0.206 e. The summed E-state index contributed by atoms with van der Waals surface area (Å²) in [6.45, 7) is 3.82. The third kappa shape index (κ3) is 4.56. The van der Waals surface area contributed by atoms with Gasteiger partial charge in [-0.2, -0.15) is 0 Å². The molecule has 6 nitrogen and oxygen atoms in total. The Morgan fingerprint density at radius 1 is 1.69 bits per heavy atom. The molecule has 1 heterocycles. The summed E-state index contributed by atoms with van der Waals surface area (Å²) < 4.78 is 4.91. The molecular weight excluding hydrogens is 226 g/mol. The molecule has 0 saturated heterocycles. The van der Waals surface area contributed by atoms with Gasteiger partial charge in [-0.25, -0.2) is 15.8 Å². The molecule has 1 aromatic heterocycles. The number of thiazole rings is 1. The number of methoxy groups -OCH3 is 1. The van der Waals surface area contributed by atoms with Crippen molar-refractivity contribution in [2.75, 3.05) is 20.3 Å². The minimum Gasteiger partial charge on any atom is -0.383 e. The number of aromatic nitrogens is 1. The van der Waals surface area contributed by atoms with E-state index in [9.17, 15) is 0 Å². The van der Waals surface area contributed by atoms with Gasteiger partial charge in [0, 0.05) is 24.7 Å². The van der Waals surface area contributed by atoms with Crippen LogP contribution in [-0.4, -0.2) is 31.2 Å². The first-order valence-electron chi connectivity index (χ1n) is 4.91. The van der Waals surface area contributed by atoms with Crippen molar-refractivity contribution in [2.24, 2.45) is 10.8 Å². The van der Waals surface area contributed by atoms with E-state index in [2.05, 4.69) is 20.7 Å². The van der Waals surface area contributed by atoms with Crippen LogP contribution in [0.1, 0.15) is 9.88 Å². The summed E-state index contributed by atoms with van der Waals surface area (Å²) in [5, 5.41) is 4.06. The molecule has 0 bridgehead atoms. The summed E-state index contributed by atoms with van der Waals surface area (Å²) >= 11 is 1.63. The second kappa shape index (κ2) is 7.15. The fourth-order valence-corrected chi connectivity index (χ4v) is 1.78. The molecule has 4 N–H and O–H groups in total. The van der Waals surface area contributed by atoms with Gasteiger partial charge in [0.1, 0.15) is 0 Å². The quantitative estimate of drug-likeness (QED) is 0.223. The normalized spacial score (nSPS) is 11.6. The topological polar surface area (TPSA) is 84.6 Å². The lowest BCUT2D eigenvalue weighted by Crippen LogP contribution is -2.42. The van der Waals surface area contributed by atoms with Crippen molar-refractivity contribution in [2.45, 2.75) is 13.5 Å². The zero-order chi connectivity index (χ0) is 11.8. The van der Waals surface area contributed by atoms with E-state index in [0.29, 0.717) is 25.7 Å². The average molecular weight is 243 g/mol. The average Bonchev–Trinajstić information content (AvgIpc) is 2.69. The van der Waals surface area contributed by atoms with Gasteiger partial charge in [-0.15, -0.1) is 11.3 Å². The number of aliphatic imine (C=N–C) groups is 1. The van der Waals surface area contributed by atoms with Crippen LogP contribution in [0.2, 0.25) is 0 Å². The first-order chi connectivity index (χ1) is 7.76. The molecule has 16 heavy (non-hydrogen) atoms. The highest BCUT2D eigenvalue weighted by Gasteiger charge is 1.98. The molecule has 90 valence electrons. The number of hydrazine groups is 1. The van der Waals surface area contributed by atoms with Gasteiger partial charge in [-0.05, 0) is 6.92 Å². The summed E-state index contributed by atoms with van der Waals surface area (Å²) in [4.78, 5) is 9.54. The van der Waals surface area contributed by atoms with Crippen molar-refractivity contribution in [1.29, 1.82) is 0 Å². The molecule has 0 radical (unpaired) electrons. The van der Waals surface area contributed by atoms with Crippen LogP contribution in [0.15, 0.2) is 11.2 Å². The van der Waals surface area contributed by atoms with Crippen molar-refractivity contribution in [1.82, 2.24) is 15.7 Å². The Hall–Kier alpha value is -1.18. The fourth-order valence-electron chi connectivity index (χ4n) is 1.06. The Morgan fingerprint density at radius 2 is 2.50 bits per heavy atom. The van der Waals surface area contributed by atoms with Crippen LogP contribution in [0.5, 0.6) is 0 Å². The molecule has 0 aliphatic heterocycles. The van der Waals surface area contributed by atoms with E-state index < -0.39 is 0 Å². The molecule has 0 amide bonds. The van der Waals surface area contributed by atoms with E-state index in [0.717, 1.165) is 9.88 Å². The fraction of sp³-hybridized carbons (Fsp3) is 0.556. The van der Waals surface area contributed by atoms with Crippen LogP contribution in [-0.2, 0) is 11.3 Å². The lowest BCUT2D eigenvalue weighted by atomic mass is 10.5. The molecule has 0 atom stereocenters. The Morgan fingerprint density at radius 3 is 3.06 bits per heavy atom. The van der Waals surface area contributed by atoms with E-state index in [1.165, 1.54) is 0 Å². The molecule has 0 saturated carbocycles. The monoisotopic (exact) mass is 243 g/mol. The number of aryl methyl sites for hydroxylation is 1. The summed E-state index contributed by atoms with van der Waals surface area (Å²) in [7, 11) is 1.65. The maximum Gasteiger partial charge on any atom is 0.206 e. The van der Waals surface area contributed by atoms with Crippen molar-refractivity contribution in [3.05, 3.63) is 16.1 Å². The summed E-state index contributed by atoms with van der Waals surface area (Å²) in [5.74, 6) is 5.89. The Bertz CT molecular complexity index is 338. The first kappa shape index (κ1) is 12.9. The zero-order valence-corrected chi connectivity index (χ0v) is 10.3. The van der Waals surface area contributed by atoms with Gasteiger partial charge in [0.2, 0.25) is 5.96 Å². The number of hydrogen-bond acceptors (Lipinski definition) is 5. The van der Waals surface area contributed by atoms with Crippen LogP contribution < -0.4 is 16.6 Å². The zero-order valence-electron chi connectivity index (χ0n) is 9.49. The van der Waals surface area contributed by atoms with E-state index in [-0.39, 0.29) is 0 Å². The third-order valence-electron chi connectivity index (χ3n) is 1.80. The number of ether oxygens (including phenoxy) is 1. The molecule has 1 rings (SSSR count). The minimum absolute atomic E-state index is 0.558. The van der Waals surface area contributed by atoms with Crippen molar-refractivity contribution in [3.63, 3.8) is 0 Å². The van der Waals surface area contributed by atoms with Gasteiger partial charge in [-0.3, -0.25) is 5.43 Å². The number of nitrogens with two attached hydrogens (primary N) is 1. The number of nitrogens with zero attached hydrogens (tertiary/aromatic N) is 2. The number of nitrogens with one attached hydrogen (secondary N) is 2. The van der Waals surface area contributed by atoms with Gasteiger partial charge in [0.15, 0.2) is 0 Å². The summed E-state index contributed by atoms with van der Waals surface area (Å²) in [6, 6.07) is 0. The summed E-state index contributed by atoms with van der Waals surface area (Å²) in [6.07, 6.45) is 1.83. The molecule has 0 fully saturated rings. The lowest BCUT2D eigenvalue weighted by molar-refractivity contribution is 0.203. The largest absolute Gasteiger partial charge is 0.383 e. The predicted molar refractivity (Wildman–Crippen MR) is 65.2 cm³/mol. The molecule has 1 aromatic rings. The van der Waals surface area contributed by atoms with Crippen LogP contribution in [0.25, 0.3) is 0 Å². The molecule has 0 aliphatic rings. The first-order valence-corrected chi connectivity index (χ1v) is 5.73. The van der Waals surface area contributed by atoms with Gasteiger partial charge in [0.25, 0.3) is 0 Å². The maximum absolute atomic E-state index is 5.33.